The Kier molecular flexibility index (Phi) is 5.21. The van der Waals surface area contributed by atoms with Gasteiger partial charge >= 0.3 is 0 Å². The summed E-state index contributed by atoms with van der Waals surface area (Å²) in [5.74, 6) is 1.73. The number of fused-ring (bicyclic) bond motifs is 1. The number of carbonyl (C=O) groups excluding carboxylic acids is 1. The predicted molar refractivity (Wildman–Crippen MR) is 98.6 cm³/mol. The molecular weight excluding hydrogens is 320 g/mol. The van der Waals surface area contributed by atoms with Crippen LogP contribution in [0.4, 0.5) is 0 Å². The Morgan fingerprint density at radius 1 is 1.42 bits per heavy atom. The number of benzene rings is 1. The van der Waals surface area contributed by atoms with Crippen LogP contribution in [-0.4, -0.2) is 17.4 Å². The minimum absolute atomic E-state index is 0.282. The molecule has 1 heterocycles. The molecule has 1 amide bonds. The van der Waals surface area contributed by atoms with Gasteiger partial charge in [0.2, 0.25) is 0 Å². The average Bonchev–Trinajstić information content (AvgIpc) is 3.25. The molecular formula is C19H26N2O2S. The van der Waals surface area contributed by atoms with Crippen LogP contribution < -0.4 is 15.8 Å². The smallest absolute Gasteiger partial charge is 0.254 e. The van der Waals surface area contributed by atoms with E-state index in [1.807, 2.05) is 18.2 Å². The summed E-state index contributed by atoms with van der Waals surface area (Å²) in [5.41, 5.74) is 6.66. The van der Waals surface area contributed by atoms with E-state index in [0.29, 0.717) is 10.8 Å². The molecule has 0 saturated heterocycles. The predicted octanol–water partition coefficient (Wildman–Crippen LogP) is 3.42. The zero-order valence-electron chi connectivity index (χ0n) is 14.4. The van der Waals surface area contributed by atoms with Crippen LogP contribution >= 0.6 is 11.8 Å². The summed E-state index contributed by atoms with van der Waals surface area (Å²) in [4.78, 5) is 11.7. The molecule has 1 aromatic rings. The molecule has 0 aromatic heterocycles. The number of ether oxygens (including phenoxy) is 1. The van der Waals surface area contributed by atoms with Gasteiger partial charge in [-0.1, -0.05) is 43.8 Å². The highest BCUT2D eigenvalue weighted by Crippen LogP contribution is 2.61. The van der Waals surface area contributed by atoms with Gasteiger partial charge in [-0.05, 0) is 43.0 Å². The van der Waals surface area contributed by atoms with E-state index in [-0.39, 0.29) is 10.8 Å². The molecule has 0 bridgehead atoms. The van der Waals surface area contributed by atoms with E-state index in [1.54, 1.807) is 0 Å². The van der Waals surface area contributed by atoms with Crippen LogP contribution in [0, 0.1) is 11.8 Å². The third-order valence-electron chi connectivity index (χ3n) is 4.55. The van der Waals surface area contributed by atoms with Crippen molar-refractivity contribution in [3.05, 3.63) is 40.8 Å². The van der Waals surface area contributed by atoms with Gasteiger partial charge in [0.25, 0.3) is 5.91 Å². The van der Waals surface area contributed by atoms with Crippen LogP contribution in [-0.2, 0) is 11.3 Å². The van der Waals surface area contributed by atoms with E-state index in [9.17, 15) is 4.79 Å². The van der Waals surface area contributed by atoms with Gasteiger partial charge in [0.15, 0.2) is 4.93 Å². The first-order valence-corrected chi connectivity index (χ1v) is 9.48. The maximum Gasteiger partial charge on any atom is 0.254 e. The molecule has 2 atom stereocenters. The second kappa shape index (κ2) is 7.19. The summed E-state index contributed by atoms with van der Waals surface area (Å²) in [7, 11) is 0. The highest BCUT2D eigenvalue weighted by Gasteiger charge is 2.59. The number of hydrogen-bond donors (Lipinski definition) is 2. The fourth-order valence-electron chi connectivity index (χ4n) is 2.94. The normalized spacial score (nSPS) is 25.1. The number of allylic oxidation sites excluding steroid dienone is 1. The number of nitrogens with one attached hydrogen (secondary N) is 1. The number of rotatable bonds is 8. The largest absolute Gasteiger partial charge is 0.476 e. The first kappa shape index (κ1) is 17.4. The molecule has 1 saturated carbocycles. The minimum atomic E-state index is -0.351. The summed E-state index contributed by atoms with van der Waals surface area (Å²) >= 11 is 1.49. The number of primary amides is 1. The maximum absolute atomic E-state index is 11.4. The highest BCUT2D eigenvalue weighted by atomic mass is 32.2. The van der Waals surface area contributed by atoms with Gasteiger partial charge < -0.3 is 15.8 Å². The number of thioether (sulfide) groups is 1. The molecule has 130 valence electrons. The van der Waals surface area contributed by atoms with Crippen molar-refractivity contribution in [1.29, 1.82) is 0 Å². The van der Waals surface area contributed by atoms with E-state index >= 15 is 0 Å². The van der Waals surface area contributed by atoms with Crippen LogP contribution in [0.1, 0.15) is 38.7 Å². The van der Waals surface area contributed by atoms with Crippen molar-refractivity contribution >= 4 is 17.7 Å². The molecule has 2 unspecified atom stereocenters. The lowest BCUT2D eigenvalue weighted by molar-refractivity contribution is -0.113. The fraction of sp³-hybridized carbons (Fsp3) is 0.526. The van der Waals surface area contributed by atoms with E-state index in [1.165, 1.54) is 23.7 Å². The molecule has 1 aliphatic carbocycles. The summed E-state index contributed by atoms with van der Waals surface area (Å²) in [5, 5.41) is 3.46. The van der Waals surface area contributed by atoms with Crippen LogP contribution in [0.25, 0.3) is 0 Å². The van der Waals surface area contributed by atoms with Gasteiger partial charge in [-0.25, -0.2) is 0 Å². The third-order valence-corrected chi connectivity index (χ3v) is 6.06. The number of carbonyl (C=O) groups is 1. The number of nitrogens with two attached hydrogens (primary N) is 1. The molecule has 3 N–H and O–H groups in total. The van der Waals surface area contributed by atoms with Gasteiger partial charge in [0, 0.05) is 18.9 Å². The van der Waals surface area contributed by atoms with Crippen molar-refractivity contribution < 1.29 is 9.53 Å². The van der Waals surface area contributed by atoms with Crippen molar-refractivity contribution in [2.24, 2.45) is 17.6 Å². The lowest BCUT2D eigenvalue weighted by Crippen LogP contribution is -2.24. The van der Waals surface area contributed by atoms with Crippen molar-refractivity contribution in [3.8, 4) is 5.75 Å². The zero-order chi connectivity index (χ0) is 17.2. The van der Waals surface area contributed by atoms with Crippen molar-refractivity contribution in [2.75, 3.05) is 6.54 Å². The van der Waals surface area contributed by atoms with Crippen molar-refractivity contribution in [2.45, 2.75) is 44.6 Å². The Morgan fingerprint density at radius 2 is 2.17 bits per heavy atom. The van der Waals surface area contributed by atoms with Gasteiger partial charge in [0.1, 0.15) is 5.75 Å². The summed E-state index contributed by atoms with van der Waals surface area (Å²) < 4.78 is 6.20. The van der Waals surface area contributed by atoms with Crippen LogP contribution in [0.15, 0.2) is 35.2 Å². The topological polar surface area (TPSA) is 64.3 Å². The molecule has 4 nitrogen and oxygen atoms in total. The van der Waals surface area contributed by atoms with E-state index in [2.05, 4.69) is 31.3 Å². The molecule has 0 spiro atoms. The van der Waals surface area contributed by atoms with Gasteiger partial charge in [-0.2, -0.15) is 0 Å². The summed E-state index contributed by atoms with van der Waals surface area (Å²) in [6.07, 6.45) is 4.99. The Hall–Kier alpha value is -1.46. The monoisotopic (exact) mass is 346 g/mol. The average molecular weight is 346 g/mol. The van der Waals surface area contributed by atoms with Gasteiger partial charge in [0.05, 0.1) is 4.91 Å². The van der Waals surface area contributed by atoms with Crippen molar-refractivity contribution in [3.63, 3.8) is 0 Å². The standard InChI is InChI=1S/C19H26N2O2S/c1-13(2)9-10-21-12-14-3-6-16(7-4-14)23-19-11-15(19)5-8-17(24-19)18(20)22/h3-4,6-8,13,15,21H,5,9-12H2,1-2H3,(H2,20,22). The summed E-state index contributed by atoms with van der Waals surface area (Å²) in [6, 6.07) is 8.24. The Bertz CT molecular complexity index is 627. The molecule has 1 aliphatic heterocycles. The van der Waals surface area contributed by atoms with Gasteiger partial charge in [-0.15, -0.1) is 0 Å². The quantitative estimate of drug-likeness (QED) is 0.708. The molecule has 1 aromatic carbocycles. The molecule has 5 heteroatoms. The first-order valence-electron chi connectivity index (χ1n) is 8.66. The lowest BCUT2D eigenvalue weighted by atomic mass is 10.1. The third kappa shape index (κ3) is 4.14. The Labute approximate surface area is 148 Å². The van der Waals surface area contributed by atoms with Crippen molar-refractivity contribution in [1.82, 2.24) is 5.32 Å². The van der Waals surface area contributed by atoms with E-state index in [0.717, 1.165) is 37.6 Å². The first-order chi connectivity index (χ1) is 11.5. The fourth-order valence-corrected chi connectivity index (χ4v) is 4.28. The number of amides is 1. The second-order valence-electron chi connectivity index (χ2n) is 7.09. The SMILES string of the molecule is CC(C)CCNCc1ccc(OC23CC2CC=C(C(N)=O)S3)cc1. The molecule has 2 aliphatic rings. The van der Waals surface area contributed by atoms with Gasteiger partial charge in [-0.3, -0.25) is 4.79 Å². The van der Waals surface area contributed by atoms with E-state index < -0.39 is 0 Å². The van der Waals surface area contributed by atoms with E-state index in [4.69, 9.17) is 10.5 Å². The zero-order valence-corrected chi connectivity index (χ0v) is 15.2. The van der Waals surface area contributed by atoms with Crippen LogP contribution in [0.2, 0.25) is 0 Å². The molecule has 3 rings (SSSR count). The molecule has 0 radical (unpaired) electrons. The van der Waals surface area contributed by atoms with Crippen LogP contribution in [0.3, 0.4) is 0 Å². The maximum atomic E-state index is 11.4. The molecule has 24 heavy (non-hydrogen) atoms. The second-order valence-corrected chi connectivity index (χ2v) is 8.42. The molecule has 1 fully saturated rings. The minimum Gasteiger partial charge on any atom is -0.476 e. The number of hydrogen-bond acceptors (Lipinski definition) is 4. The Morgan fingerprint density at radius 3 is 2.83 bits per heavy atom. The highest BCUT2D eigenvalue weighted by molar-refractivity contribution is 8.05. The van der Waals surface area contributed by atoms with Crippen LogP contribution in [0.5, 0.6) is 5.75 Å². The summed E-state index contributed by atoms with van der Waals surface area (Å²) in [6.45, 7) is 6.39. The Balaban J connectivity index is 1.52. The lowest BCUT2D eigenvalue weighted by Gasteiger charge is -2.23.